The van der Waals surface area contributed by atoms with E-state index in [4.69, 9.17) is 22.9 Å². The molecular weight excluding hydrogens is 402 g/mol. The second-order valence-corrected chi connectivity index (χ2v) is 6.84. The highest BCUT2D eigenvalue weighted by Crippen LogP contribution is 2.24. The third-order valence-electron chi connectivity index (χ3n) is 4.31. The van der Waals surface area contributed by atoms with Gasteiger partial charge in [-0.25, -0.2) is 8.78 Å². The second kappa shape index (κ2) is 9.52. The molecule has 154 valence electrons. The van der Waals surface area contributed by atoms with Gasteiger partial charge in [0.2, 0.25) is 0 Å². The van der Waals surface area contributed by atoms with E-state index >= 15 is 0 Å². The minimum Gasteiger partial charge on any atom is -0.399 e. The predicted octanol–water partition coefficient (Wildman–Crippen LogP) is 3.66. The number of oxime groups is 1. The summed E-state index contributed by atoms with van der Waals surface area (Å²) in [6, 6.07) is 2.87. The van der Waals surface area contributed by atoms with Crippen molar-refractivity contribution >= 4 is 23.2 Å². The number of nitrogens with zero attached hydrogens (tertiary/aromatic N) is 3. The van der Waals surface area contributed by atoms with Gasteiger partial charge in [0, 0.05) is 30.3 Å². The molecule has 2 rings (SSSR count). The SMILES string of the molecule is C#Cc1cc(C)c(C/C(=N/OC)C(C)NC(=O)c2cn(C)nc2C(F)F)c(Cl)c1. The van der Waals surface area contributed by atoms with E-state index in [1.807, 2.05) is 13.0 Å². The van der Waals surface area contributed by atoms with Crippen LogP contribution in [0.25, 0.3) is 0 Å². The van der Waals surface area contributed by atoms with E-state index in [1.54, 1.807) is 13.0 Å². The molecule has 29 heavy (non-hydrogen) atoms. The summed E-state index contributed by atoms with van der Waals surface area (Å²) in [6.45, 7) is 3.54. The van der Waals surface area contributed by atoms with E-state index in [0.29, 0.717) is 16.3 Å². The van der Waals surface area contributed by atoms with Crippen LogP contribution in [0, 0.1) is 19.3 Å². The molecule has 9 heteroatoms. The van der Waals surface area contributed by atoms with E-state index in [0.717, 1.165) is 11.1 Å². The fraction of sp³-hybridized carbons (Fsp3) is 0.350. The molecule has 1 unspecified atom stereocenters. The van der Waals surface area contributed by atoms with Gasteiger partial charge in [0.05, 0.1) is 17.3 Å². The zero-order valence-corrected chi connectivity index (χ0v) is 17.2. The van der Waals surface area contributed by atoms with Crippen LogP contribution in [0.15, 0.2) is 23.5 Å². The van der Waals surface area contributed by atoms with Gasteiger partial charge in [-0.2, -0.15) is 5.10 Å². The van der Waals surface area contributed by atoms with Crippen molar-refractivity contribution in [1.29, 1.82) is 0 Å². The lowest BCUT2D eigenvalue weighted by atomic mass is 9.97. The van der Waals surface area contributed by atoms with Crippen LogP contribution in [0.3, 0.4) is 0 Å². The number of aromatic nitrogens is 2. The van der Waals surface area contributed by atoms with Gasteiger partial charge in [0.15, 0.2) is 0 Å². The molecule has 0 spiro atoms. The summed E-state index contributed by atoms with van der Waals surface area (Å²) in [6.07, 6.45) is 4.08. The summed E-state index contributed by atoms with van der Waals surface area (Å²) in [5.74, 6) is 1.85. The van der Waals surface area contributed by atoms with Crippen LogP contribution in [-0.4, -0.2) is 34.6 Å². The minimum atomic E-state index is -2.87. The quantitative estimate of drug-likeness (QED) is 0.420. The topological polar surface area (TPSA) is 68.5 Å². The first-order valence-electron chi connectivity index (χ1n) is 8.66. The van der Waals surface area contributed by atoms with Gasteiger partial charge in [-0.15, -0.1) is 6.42 Å². The van der Waals surface area contributed by atoms with Crippen LogP contribution < -0.4 is 5.32 Å². The monoisotopic (exact) mass is 422 g/mol. The molecule has 1 amide bonds. The Morgan fingerprint density at radius 3 is 2.72 bits per heavy atom. The normalized spacial score (nSPS) is 12.6. The van der Waals surface area contributed by atoms with E-state index in [2.05, 4.69) is 21.5 Å². The van der Waals surface area contributed by atoms with Crippen molar-refractivity contribution in [3.63, 3.8) is 0 Å². The zero-order chi connectivity index (χ0) is 21.7. The second-order valence-electron chi connectivity index (χ2n) is 6.44. The highest BCUT2D eigenvalue weighted by Gasteiger charge is 2.25. The van der Waals surface area contributed by atoms with Gasteiger partial charge in [-0.1, -0.05) is 22.7 Å². The highest BCUT2D eigenvalue weighted by atomic mass is 35.5. The third-order valence-corrected chi connectivity index (χ3v) is 4.64. The molecule has 2 aromatic rings. The number of carbonyl (C=O) groups is 1. The van der Waals surface area contributed by atoms with Gasteiger partial charge in [0.1, 0.15) is 12.8 Å². The van der Waals surface area contributed by atoms with E-state index in [-0.39, 0.29) is 12.0 Å². The minimum absolute atomic E-state index is 0.196. The van der Waals surface area contributed by atoms with Gasteiger partial charge < -0.3 is 10.2 Å². The number of amides is 1. The van der Waals surface area contributed by atoms with Crippen LogP contribution in [0.1, 0.15) is 46.1 Å². The Hall–Kier alpha value is -2.92. The molecule has 1 atom stereocenters. The lowest BCUT2D eigenvalue weighted by molar-refractivity contribution is 0.0933. The van der Waals surface area contributed by atoms with Crippen molar-refractivity contribution in [2.75, 3.05) is 7.11 Å². The number of benzene rings is 1. The molecule has 0 radical (unpaired) electrons. The molecule has 1 N–H and O–H groups in total. The number of rotatable bonds is 7. The molecule has 0 aliphatic rings. The number of terminal acetylenes is 1. The summed E-state index contributed by atoms with van der Waals surface area (Å²) in [4.78, 5) is 17.4. The van der Waals surface area contributed by atoms with E-state index in [9.17, 15) is 13.6 Å². The van der Waals surface area contributed by atoms with Crippen molar-refractivity contribution in [2.45, 2.75) is 32.7 Å². The number of alkyl halides is 2. The standard InChI is InChI=1S/C20H21ClF2N4O2/c1-6-13-7-11(2)14(16(21)8-13)9-17(26-29-5)12(3)24-20(28)15-10-27(4)25-18(15)19(22)23/h1,7-8,10,12,19H,9H2,2-5H3,(H,24,28)/b26-17-. The molecule has 0 fully saturated rings. The summed E-state index contributed by atoms with van der Waals surface area (Å²) >= 11 is 6.35. The van der Waals surface area contributed by atoms with Crippen molar-refractivity contribution in [3.05, 3.63) is 51.3 Å². The lowest BCUT2D eigenvalue weighted by Crippen LogP contribution is -2.40. The molecule has 0 aliphatic heterocycles. The molecule has 0 saturated carbocycles. The van der Waals surface area contributed by atoms with Crippen molar-refractivity contribution in [2.24, 2.45) is 12.2 Å². The molecular formula is C20H21ClF2N4O2. The number of aryl methyl sites for hydroxylation is 2. The summed E-state index contributed by atoms with van der Waals surface area (Å²) < 4.78 is 27.4. The predicted molar refractivity (Wildman–Crippen MR) is 107 cm³/mol. The Balaban J connectivity index is 2.25. The maximum Gasteiger partial charge on any atom is 0.282 e. The lowest BCUT2D eigenvalue weighted by Gasteiger charge is -2.18. The van der Waals surface area contributed by atoms with E-state index in [1.165, 1.54) is 25.0 Å². The number of carbonyl (C=O) groups excluding carboxylic acids is 1. The van der Waals surface area contributed by atoms with Crippen LogP contribution in [0.4, 0.5) is 8.78 Å². The Morgan fingerprint density at radius 1 is 1.48 bits per heavy atom. The first-order valence-corrected chi connectivity index (χ1v) is 9.03. The maximum atomic E-state index is 13.1. The molecule has 1 aromatic heterocycles. The molecule has 6 nitrogen and oxygen atoms in total. The Morgan fingerprint density at radius 2 is 2.17 bits per heavy atom. The maximum absolute atomic E-state index is 13.1. The average molecular weight is 423 g/mol. The summed E-state index contributed by atoms with van der Waals surface area (Å²) in [7, 11) is 2.84. The van der Waals surface area contributed by atoms with Crippen molar-refractivity contribution in [1.82, 2.24) is 15.1 Å². The van der Waals surface area contributed by atoms with Crippen LogP contribution >= 0.6 is 11.6 Å². The summed E-state index contributed by atoms with van der Waals surface area (Å²) in [5.41, 5.74) is 1.97. The first-order chi connectivity index (χ1) is 13.7. The average Bonchev–Trinajstić information content (AvgIpc) is 3.05. The van der Waals surface area contributed by atoms with Crippen LogP contribution in [0.5, 0.6) is 0 Å². The van der Waals surface area contributed by atoms with Crippen LogP contribution in [-0.2, 0) is 18.3 Å². The molecule has 1 heterocycles. The van der Waals surface area contributed by atoms with E-state index < -0.39 is 24.1 Å². The molecule has 0 saturated heterocycles. The van der Waals surface area contributed by atoms with Gasteiger partial charge in [-0.3, -0.25) is 9.48 Å². The number of halogens is 3. The Kier molecular flexibility index (Phi) is 7.35. The Labute approximate surface area is 172 Å². The summed E-state index contributed by atoms with van der Waals surface area (Å²) in [5, 5.41) is 10.8. The number of nitrogens with one attached hydrogen (secondary N) is 1. The smallest absolute Gasteiger partial charge is 0.282 e. The zero-order valence-electron chi connectivity index (χ0n) is 16.5. The Bertz CT molecular complexity index is 956. The van der Waals surface area contributed by atoms with Gasteiger partial charge in [-0.05, 0) is 37.1 Å². The van der Waals surface area contributed by atoms with Crippen molar-refractivity contribution < 1.29 is 18.4 Å². The largest absolute Gasteiger partial charge is 0.399 e. The molecule has 1 aromatic carbocycles. The number of hydrogen-bond acceptors (Lipinski definition) is 4. The highest BCUT2D eigenvalue weighted by molar-refractivity contribution is 6.31. The fourth-order valence-corrected chi connectivity index (χ4v) is 3.18. The first kappa shape index (κ1) is 22.4. The number of hydrogen-bond donors (Lipinski definition) is 1. The molecule has 0 bridgehead atoms. The van der Waals surface area contributed by atoms with Gasteiger partial charge in [0.25, 0.3) is 12.3 Å². The molecule has 0 aliphatic carbocycles. The third kappa shape index (κ3) is 5.33. The van der Waals surface area contributed by atoms with Crippen molar-refractivity contribution in [3.8, 4) is 12.3 Å². The fourth-order valence-electron chi connectivity index (χ4n) is 2.84. The van der Waals surface area contributed by atoms with Gasteiger partial charge >= 0.3 is 0 Å². The van der Waals surface area contributed by atoms with Crippen LogP contribution in [0.2, 0.25) is 5.02 Å².